The number of fused-ring (bicyclic) bond motifs is 5. The third-order valence-corrected chi connectivity index (χ3v) is 12.3. The number of aliphatic hydroxyl groups excluding tert-OH is 5. The number of aryl methyl sites for hydroxylation is 1. The fourth-order valence-corrected chi connectivity index (χ4v) is 9.31. The molecule has 0 radical (unpaired) electrons. The van der Waals surface area contributed by atoms with Gasteiger partial charge in [0.25, 0.3) is 0 Å². The van der Waals surface area contributed by atoms with E-state index in [-0.39, 0.29) is 11.1 Å². The number of esters is 1. The molecule has 21 nitrogen and oxygen atoms in total. The first-order chi connectivity index (χ1) is 28.8. The van der Waals surface area contributed by atoms with Gasteiger partial charge in [0.1, 0.15) is 59.8 Å². The summed E-state index contributed by atoms with van der Waals surface area (Å²) in [6.07, 6.45) is -15.7. The molecule has 21 heteroatoms. The Morgan fingerprint density at radius 3 is 2.15 bits per heavy atom. The smallest absolute Gasteiger partial charge is 0.341 e. The molecular weight excluding hydrogens is 814 g/mol. The van der Waals surface area contributed by atoms with E-state index in [2.05, 4.69) is 5.32 Å². The fourth-order valence-electron chi connectivity index (χ4n) is 9.31. The zero-order valence-electron chi connectivity index (χ0n) is 33.5. The second-order valence-corrected chi connectivity index (χ2v) is 15.4. The quantitative estimate of drug-likeness (QED) is 0.118. The molecule has 2 fully saturated rings. The van der Waals surface area contributed by atoms with E-state index in [9.17, 15) is 64.8 Å². The van der Waals surface area contributed by atoms with Gasteiger partial charge in [-0.1, -0.05) is 6.07 Å². The Balaban J connectivity index is 1.28. The zero-order valence-corrected chi connectivity index (χ0v) is 33.5. The lowest BCUT2D eigenvalue weighted by Crippen LogP contribution is -2.73. The monoisotopic (exact) mass is 859 g/mol. The van der Waals surface area contributed by atoms with E-state index in [1.807, 2.05) is 0 Å². The number of nitrogens with one attached hydrogen (secondary N) is 1. The molecule has 2 aromatic rings. The third-order valence-electron chi connectivity index (χ3n) is 12.3. The van der Waals surface area contributed by atoms with Crippen molar-refractivity contribution in [3.63, 3.8) is 0 Å². The van der Waals surface area contributed by atoms with Crippen LogP contribution in [0.3, 0.4) is 0 Å². The molecule has 0 unspecified atom stereocenters. The van der Waals surface area contributed by atoms with Gasteiger partial charge < -0.3 is 79.3 Å². The number of aliphatic hydroxyl groups is 6. The summed E-state index contributed by atoms with van der Waals surface area (Å²) in [7, 11) is 4.46. The van der Waals surface area contributed by atoms with Crippen LogP contribution in [-0.4, -0.2) is 178 Å². The van der Waals surface area contributed by atoms with Gasteiger partial charge in [-0.05, 0) is 31.0 Å². The summed E-state index contributed by atoms with van der Waals surface area (Å²) < 4.78 is 39.2. The zero-order chi connectivity index (χ0) is 44.8. The number of phenolic OH excluding ortho intramolecular Hbond substituents is 2. The highest BCUT2D eigenvalue weighted by Gasteiger charge is 2.73. The second-order valence-electron chi connectivity index (χ2n) is 15.4. The molecule has 7 rings (SSSR count). The molecule has 13 atom stereocenters. The molecule has 0 bridgehead atoms. The summed E-state index contributed by atoms with van der Waals surface area (Å²) in [5.74, 6) is -8.09. The molecule has 61 heavy (non-hydrogen) atoms. The van der Waals surface area contributed by atoms with E-state index in [1.165, 1.54) is 27.2 Å². The molecule has 2 saturated heterocycles. The van der Waals surface area contributed by atoms with Crippen LogP contribution in [0.5, 0.6) is 11.5 Å². The molecule has 5 aliphatic rings. The number of allylic oxidation sites excluding steroid dienone is 2. The predicted octanol–water partition coefficient (Wildman–Crippen LogP) is -2.43. The number of rotatable bonds is 9. The second kappa shape index (κ2) is 15.9. The lowest BCUT2D eigenvalue weighted by Gasteiger charge is -2.52. The molecule has 0 saturated carbocycles. The highest BCUT2D eigenvalue weighted by Crippen LogP contribution is 2.56. The minimum Gasteiger partial charge on any atom is -0.507 e. The maximum atomic E-state index is 14.8. The van der Waals surface area contributed by atoms with Gasteiger partial charge in [-0.15, -0.1) is 0 Å². The van der Waals surface area contributed by atoms with Crippen molar-refractivity contribution in [1.29, 1.82) is 0 Å². The lowest BCUT2D eigenvalue weighted by molar-refractivity contribution is -0.343. The van der Waals surface area contributed by atoms with Gasteiger partial charge >= 0.3 is 5.97 Å². The van der Waals surface area contributed by atoms with Gasteiger partial charge in [0.05, 0.1) is 42.7 Å². The van der Waals surface area contributed by atoms with Gasteiger partial charge in [0.2, 0.25) is 17.3 Å². The van der Waals surface area contributed by atoms with Crippen LogP contribution in [0.4, 0.5) is 0 Å². The number of Topliss-reactive ketones (excluding diaryl/α,β-unsaturated/α-hetero) is 3. The molecule has 2 aliphatic heterocycles. The summed E-state index contributed by atoms with van der Waals surface area (Å²) in [5, 5.41) is 91.1. The first-order valence-corrected chi connectivity index (χ1v) is 18.9. The Kier molecular flexibility index (Phi) is 11.5. The Hall–Kier alpha value is -4.75. The number of carbonyl (C=O) groups is 5. The molecule has 9 N–H and O–H groups in total. The van der Waals surface area contributed by atoms with Crippen molar-refractivity contribution in [1.82, 2.24) is 5.32 Å². The van der Waals surface area contributed by atoms with Gasteiger partial charge in [-0.25, -0.2) is 4.79 Å². The van der Waals surface area contributed by atoms with E-state index in [4.69, 9.17) is 33.2 Å². The SMILES string of the molecule is COC(=O)c1c(C)cc2c(c1O)[C@]1(O)C(=O)c3cc4c(c(O)c3C(=O)[C@]1(OC)[C@H](O)C2)C(=O)C=C(N[C@H]1O[C@@H](C)[C@H](OC)[C@@H](O[C@@H]2O[C@H](CO)[C@@H](O)[C@H](O)[C@H]2O)[C@H]1OC)C4=O. The normalized spacial score (nSPS) is 35.7. The van der Waals surface area contributed by atoms with Crippen LogP contribution in [0.2, 0.25) is 0 Å². The van der Waals surface area contributed by atoms with Gasteiger partial charge in [0, 0.05) is 50.5 Å². The molecule has 0 amide bonds. The van der Waals surface area contributed by atoms with E-state index in [0.717, 1.165) is 26.4 Å². The minimum absolute atomic E-state index is 0.0447. The van der Waals surface area contributed by atoms with Crippen LogP contribution in [-0.2, 0) is 45.2 Å². The van der Waals surface area contributed by atoms with E-state index in [0.29, 0.717) is 0 Å². The number of hydrogen-bond donors (Lipinski definition) is 9. The highest BCUT2D eigenvalue weighted by molar-refractivity contribution is 6.31. The molecule has 2 heterocycles. The van der Waals surface area contributed by atoms with Crippen LogP contribution in [0.1, 0.15) is 75.4 Å². The van der Waals surface area contributed by atoms with E-state index >= 15 is 0 Å². The molecule has 0 aromatic heterocycles. The third kappa shape index (κ3) is 6.18. The molecule has 330 valence electrons. The number of phenols is 2. The van der Waals surface area contributed by atoms with Crippen molar-refractivity contribution in [3.8, 4) is 11.5 Å². The molecule has 3 aliphatic carbocycles. The van der Waals surface area contributed by atoms with Crippen LogP contribution in [0, 0.1) is 6.92 Å². The highest BCUT2D eigenvalue weighted by atomic mass is 16.7. The Labute approximate surface area is 345 Å². The first-order valence-electron chi connectivity index (χ1n) is 18.9. The molecule has 0 spiro atoms. The minimum atomic E-state index is -3.30. The standard InChI is InChI=1S/C40H45NO20/c1-12-7-14-8-20(44)40(58-6)35(52)23-16(34(51)39(40,54)24(14)28(48)21(12)37(53)57-5)9-15-22(27(23)47)18(43)10-17(25(15)45)41-36-33(56-4)32(31(55-3)13(2)59-36)61-38-30(50)29(49)26(46)19(11-42)60-38/h7,9-10,13,19-20,26,29-33,36,38,41-42,44,46-50,54H,8,11H2,1-6H3/t13-,19+,20+,26+,29-,30+,31-,32+,33+,36-,38-,39-,40+/m0/s1. The lowest BCUT2D eigenvalue weighted by atomic mass is 9.56. The van der Waals surface area contributed by atoms with Gasteiger partial charge in [0.15, 0.2) is 29.5 Å². The topological polar surface area (TPSA) is 324 Å². The summed E-state index contributed by atoms with van der Waals surface area (Å²) in [6.45, 7) is 2.24. The Morgan fingerprint density at radius 1 is 0.869 bits per heavy atom. The van der Waals surface area contributed by atoms with Gasteiger partial charge in [-0.2, -0.15) is 0 Å². The molecular formula is C40H45NO20. The number of carbonyl (C=O) groups excluding carboxylic acids is 5. The summed E-state index contributed by atoms with van der Waals surface area (Å²) >= 11 is 0. The fraction of sp³-hybridized carbons (Fsp3) is 0.525. The summed E-state index contributed by atoms with van der Waals surface area (Å²) in [5.41, 5.74) is -10.8. The number of benzene rings is 2. The van der Waals surface area contributed by atoms with Crippen molar-refractivity contribution >= 4 is 29.1 Å². The number of hydrogen-bond acceptors (Lipinski definition) is 21. The number of ketones is 4. The Morgan fingerprint density at radius 2 is 1.54 bits per heavy atom. The van der Waals surface area contributed by atoms with Crippen LogP contribution in [0.25, 0.3) is 0 Å². The van der Waals surface area contributed by atoms with Crippen LogP contribution >= 0.6 is 0 Å². The average molecular weight is 860 g/mol. The predicted molar refractivity (Wildman–Crippen MR) is 199 cm³/mol. The summed E-state index contributed by atoms with van der Waals surface area (Å²) in [6, 6.07) is 2.11. The van der Waals surface area contributed by atoms with Crippen LogP contribution in [0.15, 0.2) is 23.9 Å². The first kappa shape index (κ1) is 44.3. The van der Waals surface area contributed by atoms with Gasteiger partial charge in [-0.3, -0.25) is 19.2 Å². The van der Waals surface area contributed by atoms with Crippen molar-refractivity contribution in [2.24, 2.45) is 0 Å². The van der Waals surface area contributed by atoms with Crippen molar-refractivity contribution in [3.05, 3.63) is 68.4 Å². The molecule has 2 aromatic carbocycles. The van der Waals surface area contributed by atoms with Crippen molar-refractivity contribution in [2.75, 3.05) is 35.0 Å². The van der Waals surface area contributed by atoms with Crippen molar-refractivity contribution < 1.29 is 98.0 Å². The average Bonchev–Trinajstić information content (AvgIpc) is 3.21. The maximum Gasteiger partial charge on any atom is 0.341 e. The number of aromatic hydroxyl groups is 2. The number of ether oxygens (including phenoxy) is 7. The largest absolute Gasteiger partial charge is 0.507 e. The maximum absolute atomic E-state index is 14.8. The van der Waals surface area contributed by atoms with E-state index < -0.39 is 171 Å². The van der Waals surface area contributed by atoms with E-state index in [1.54, 1.807) is 6.92 Å². The number of methoxy groups -OCH3 is 4. The van der Waals surface area contributed by atoms with Crippen LogP contribution < -0.4 is 5.32 Å². The summed E-state index contributed by atoms with van der Waals surface area (Å²) in [4.78, 5) is 70.3. The Bertz CT molecular complexity index is 2240. The van der Waals surface area contributed by atoms with Crippen molar-refractivity contribution in [2.45, 2.75) is 98.9 Å².